The lowest BCUT2D eigenvalue weighted by Gasteiger charge is -2.32. The van der Waals surface area contributed by atoms with Crippen LogP contribution < -0.4 is 15.5 Å². The standard InChI is InChI=1S/C17H23N5O2/c1-13(12-15-4-2-11-24-15)20-17(23)21-14-5-9-22(10-6-14)16-18-7-3-8-19-16/h2-4,7-8,11,13-14H,5-6,9-10,12H2,1H3,(H2,20,21,23)/t13-/m1/s1. The molecule has 0 aliphatic carbocycles. The highest BCUT2D eigenvalue weighted by molar-refractivity contribution is 5.74. The average Bonchev–Trinajstić information content (AvgIpc) is 3.09. The van der Waals surface area contributed by atoms with Crippen LogP contribution in [0, 0.1) is 0 Å². The second-order valence-corrected chi connectivity index (χ2v) is 6.11. The summed E-state index contributed by atoms with van der Waals surface area (Å²) in [6, 6.07) is 5.66. The molecule has 2 N–H and O–H groups in total. The lowest BCUT2D eigenvalue weighted by atomic mass is 10.1. The Balaban J connectivity index is 1.40. The summed E-state index contributed by atoms with van der Waals surface area (Å²) in [4.78, 5) is 22.8. The van der Waals surface area contributed by atoms with Crippen molar-refractivity contribution in [1.29, 1.82) is 0 Å². The molecule has 0 bridgehead atoms. The minimum absolute atomic E-state index is 0.0222. The summed E-state index contributed by atoms with van der Waals surface area (Å²) in [5.41, 5.74) is 0. The average molecular weight is 329 g/mol. The third-order valence-electron chi connectivity index (χ3n) is 4.13. The Morgan fingerprint density at radius 3 is 2.75 bits per heavy atom. The maximum absolute atomic E-state index is 12.1. The summed E-state index contributed by atoms with van der Waals surface area (Å²) >= 11 is 0. The van der Waals surface area contributed by atoms with Gasteiger partial charge in [-0.05, 0) is 38.0 Å². The van der Waals surface area contributed by atoms with Crippen LogP contribution in [0.1, 0.15) is 25.5 Å². The molecule has 0 spiro atoms. The van der Waals surface area contributed by atoms with Crippen LogP contribution in [-0.4, -0.2) is 41.2 Å². The number of amides is 2. The van der Waals surface area contributed by atoms with E-state index in [1.54, 1.807) is 18.7 Å². The normalized spacial score (nSPS) is 16.6. The van der Waals surface area contributed by atoms with Gasteiger partial charge in [0.05, 0.1) is 6.26 Å². The fourth-order valence-corrected chi connectivity index (χ4v) is 2.91. The van der Waals surface area contributed by atoms with Crippen LogP contribution in [0.4, 0.5) is 10.7 Å². The number of rotatable bonds is 5. The smallest absolute Gasteiger partial charge is 0.315 e. The third kappa shape index (κ3) is 4.47. The summed E-state index contributed by atoms with van der Waals surface area (Å²) in [7, 11) is 0. The molecule has 3 heterocycles. The number of hydrogen-bond acceptors (Lipinski definition) is 5. The molecule has 0 unspecified atom stereocenters. The summed E-state index contributed by atoms with van der Waals surface area (Å²) in [5.74, 6) is 1.63. The van der Waals surface area contributed by atoms with Gasteiger partial charge in [-0.25, -0.2) is 14.8 Å². The highest BCUT2D eigenvalue weighted by atomic mass is 16.3. The topological polar surface area (TPSA) is 83.3 Å². The van der Waals surface area contributed by atoms with Crippen molar-refractivity contribution >= 4 is 12.0 Å². The molecule has 1 atom stereocenters. The Bertz CT molecular complexity index is 624. The van der Waals surface area contributed by atoms with Gasteiger partial charge in [-0.15, -0.1) is 0 Å². The van der Waals surface area contributed by atoms with E-state index in [2.05, 4.69) is 25.5 Å². The SMILES string of the molecule is C[C@H](Cc1ccco1)NC(=O)NC1CCN(c2ncccn2)CC1. The third-order valence-corrected chi connectivity index (χ3v) is 4.13. The van der Waals surface area contributed by atoms with Crippen LogP contribution in [0.2, 0.25) is 0 Å². The highest BCUT2D eigenvalue weighted by Gasteiger charge is 2.22. The molecule has 2 aromatic rings. The number of nitrogens with one attached hydrogen (secondary N) is 2. The van der Waals surface area contributed by atoms with E-state index in [0.29, 0.717) is 6.42 Å². The van der Waals surface area contributed by atoms with E-state index in [0.717, 1.165) is 37.6 Å². The van der Waals surface area contributed by atoms with Gasteiger partial charge in [0.2, 0.25) is 5.95 Å². The number of aromatic nitrogens is 2. The Morgan fingerprint density at radius 2 is 2.08 bits per heavy atom. The van der Waals surface area contributed by atoms with E-state index in [1.165, 1.54) is 0 Å². The van der Waals surface area contributed by atoms with Gasteiger partial charge in [0.25, 0.3) is 0 Å². The van der Waals surface area contributed by atoms with Gasteiger partial charge in [0.1, 0.15) is 5.76 Å². The number of nitrogens with zero attached hydrogens (tertiary/aromatic N) is 3. The van der Waals surface area contributed by atoms with Crippen LogP contribution in [0.5, 0.6) is 0 Å². The number of carbonyl (C=O) groups is 1. The summed E-state index contributed by atoms with van der Waals surface area (Å²) in [6.07, 6.45) is 7.61. The van der Waals surface area contributed by atoms with Gasteiger partial charge in [0.15, 0.2) is 0 Å². The summed E-state index contributed by atoms with van der Waals surface area (Å²) in [5, 5.41) is 6.01. The molecule has 0 radical (unpaired) electrons. The molecule has 1 aliphatic rings. The zero-order valence-corrected chi connectivity index (χ0v) is 13.8. The van der Waals surface area contributed by atoms with Crippen molar-refractivity contribution in [3.63, 3.8) is 0 Å². The van der Waals surface area contributed by atoms with Gasteiger partial charge in [-0.2, -0.15) is 0 Å². The minimum Gasteiger partial charge on any atom is -0.469 e. The second kappa shape index (κ2) is 7.81. The van der Waals surface area contributed by atoms with Gasteiger partial charge >= 0.3 is 6.03 Å². The molecule has 24 heavy (non-hydrogen) atoms. The van der Waals surface area contributed by atoms with Crippen LogP contribution in [-0.2, 0) is 6.42 Å². The predicted molar refractivity (Wildman–Crippen MR) is 90.8 cm³/mol. The van der Waals surface area contributed by atoms with E-state index >= 15 is 0 Å². The largest absolute Gasteiger partial charge is 0.469 e. The Hall–Kier alpha value is -2.57. The van der Waals surface area contributed by atoms with Crippen molar-refractivity contribution in [2.24, 2.45) is 0 Å². The first kappa shape index (κ1) is 16.3. The van der Waals surface area contributed by atoms with Gasteiger partial charge in [-0.3, -0.25) is 0 Å². The minimum atomic E-state index is -0.122. The molecule has 1 aliphatic heterocycles. The van der Waals surface area contributed by atoms with E-state index in [9.17, 15) is 4.79 Å². The molecule has 0 aromatic carbocycles. The predicted octanol–water partition coefficient (Wildman–Crippen LogP) is 1.97. The van der Waals surface area contributed by atoms with Crippen molar-refractivity contribution in [3.05, 3.63) is 42.6 Å². The highest BCUT2D eigenvalue weighted by Crippen LogP contribution is 2.15. The number of anilines is 1. The van der Waals surface area contributed by atoms with E-state index in [4.69, 9.17) is 4.42 Å². The monoisotopic (exact) mass is 329 g/mol. The van der Waals surface area contributed by atoms with Crippen molar-refractivity contribution in [2.75, 3.05) is 18.0 Å². The first-order valence-electron chi connectivity index (χ1n) is 8.32. The van der Waals surface area contributed by atoms with Crippen LogP contribution in [0.15, 0.2) is 41.3 Å². The fourth-order valence-electron chi connectivity index (χ4n) is 2.91. The maximum atomic E-state index is 12.1. The number of urea groups is 1. The van der Waals surface area contributed by atoms with E-state index in [-0.39, 0.29) is 18.1 Å². The quantitative estimate of drug-likeness (QED) is 0.876. The summed E-state index contributed by atoms with van der Waals surface area (Å²) < 4.78 is 5.30. The number of hydrogen-bond donors (Lipinski definition) is 2. The Morgan fingerprint density at radius 1 is 1.33 bits per heavy atom. The molecule has 7 heteroatoms. The number of carbonyl (C=O) groups excluding carboxylic acids is 1. The molecule has 2 aromatic heterocycles. The molecular weight excluding hydrogens is 306 g/mol. The van der Waals surface area contributed by atoms with Crippen molar-refractivity contribution in [2.45, 2.75) is 38.3 Å². The first-order valence-corrected chi connectivity index (χ1v) is 8.32. The maximum Gasteiger partial charge on any atom is 0.315 e. The van der Waals surface area contributed by atoms with Crippen molar-refractivity contribution in [3.8, 4) is 0 Å². The molecule has 2 amide bonds. The Kier molecular flexibility index (Phi) is 5.30. The molecule has 1 saturated heterocycles. The van der Waals surface area contributed by atoms with Crippen LogP contribution >= 0.6 is 0 Å². The van der Waals surface area contributed by atoms with Crippen LogP contribution in [0.25, 0.3) is 0 Å². The first-order chi connectivity index (χ1) is 11.7. The molecule has 1 fully saturated rings. The van der Waals surface area contributed by atoms with E-state index in [1.807, 2.05) is 25.1 Å². The Labute approximate surface area is 141 Å². The summed E-state index contributed by atoms with van der Waals surface area (Å²) in [6.45, 7) is 3.66. The van der Waals surface area contributed by atoms with Gasteiger partial charge in [-0.1, -0.05) is 0 Å². The molecule has 0 saturated carbocycles. The van der Waals surface area contributed by atoms with Crippen molar-refractivity contribution in [1.82, 2.24) is 20.6 Å². The molecular formula is C17H23N5O2. The van der Waals surface area contributed by atoms with Crippen molar-refractivity contribution < 1.29 is 9.21 Å². The fraction of sp³-hybridized carbons (Fsp3) is 0.471. The number of furan rings is 1. The van der Waals surface area contributed by atoms with Gasteiger partial charge < -0.3 is 20.0 Å². The molecule has 3 rings (SSSR count). The number of piperidine rings is 1. The lowest BCUT2D eigenvalue weighted by Crippen LogP contribution is -2.50. The molecule has 128 valence electrons. The second-order valence-electron chi connectivity index (χ2n) is 6.11. The van der Waals surface area contributed by atoms with Crippen LogP contribution in [0.3, 0.4) is 0 Å². The zero-order chi connectivity index (χ0) is 16.8. The van der Waals surface area contributed by atoms with Gasteiger partial charge in [0, 0.05) is 44.0 Å². The molecule has 7 nitrogen and oxygen atoms in total. The van der Waals surface area contributed by atoms with E-state index < -0.39 is 0 Å². The zero-order valence-electron chi connectivity index (χ0n) is 13.8. The lowest BCUT2D eigenvalue weighted by molar-refractivity contribution is 0.231.